The molecule has 80 heavy (non-hydrogen) atoms. The second-order valence-corrected chi connectivity index (χ2v) is 20.5. The van der Waals surface area contributed by atoms with Gasteiger partial charge in [-0.25, -0.2) is 4.39 Å². The zero-order valence-electron chi connectivity index (χ0n) is 44.1. The molecule has 0 fully saturated rings. The average molecular weight is 1050 g/mol. The monoisotopic (exact) mass is 1050 g/mol. The Morgan fingerprint density at radius 3 is 0.850 bits per heavy atom. The number of rotatable bonds is 17. The van der Waals surface area contributed by atoms with E-state index in [9.17, 15) is 0 Å². The minimum atomic E-state index is -0.347. The van der Waals surface area contributed by atoms with Crippen LogP contribution < -0.4 is 24.5 Å². The lowest BCUT2D eigenvalue weighted by atomic mass is 10.1. The summed E-state index contributed by atoms with van der Waals surface area (Å²) < 4.78 is 17.0. The third-order valence-electron chi connectivity index (χ3n) is 13.9. The van der Waals surface area contributed by atoms with Crippen molar-refractivity contribution in [2.45, 2.75) is 16.7 Å². The fraction of sp³-hybridized carbons (Fsp3) is 0.0137. The van der Waals surface area contributed by atoms with E-state index in [4.69, 9.17) is 0 Å². The molecule has 386 valence electrons. The third-order valence-corrected chi connectivity index (χ3v) is 14.8. The second-order valence-electron chi connectivity index (χ2n) is 19.3. The average Bonchev–Trinajstić information content (AvgIpc) is 3.69. The number of para-hydroxylation sites is 8. The Balaban J connectivity index is 1.05. The van der Waals surface area contributed by atoms with Crippen LogP contribution in [0, 0.1) is 12.7 Å². The van der Waals surface area contributed by atoms with Gasteiger partial charge in [0.05, 0.1) is 22.7 Å². The molecule has 0 spiro atoms. The molecule has 0 N–H and O–H groups in total. The summed E-state index contributed by atoms with van der Waals surface area (Å²) in [5.41, 5.74) is 15.0. The first-order chi connectivity index (χ1) is 39.5. The summed E-state index contributed by atoms with van der Waals surface area (Å²) in [5.74, 6) is -0.347. The number of halogens is 1. The van der Waals surface area contributed by atoms with Gasteiger partial charge < -0.3 is 24.5 Å². The molecule has 0 unspecified atom stereocenters. The molecule has 0 amide bonds. The van der Waals surface area contributed by atoms with Crippen LogP contribution in [0.2, 0.25) is 0 Å². The fourth-order valence-electron chi connectivity index (χ4n) is 10.3. The van der Waals surface area contributed by atoms with E-state index in [1.807, 2.05) is 36.4 Å². The van der Waals surface area contributed by atoms with Crippen LogP contribution in [0.5, 0.6) is 0 Å². The smallest absolute Gasteiger partial charge is 0.147 e. The third kappa shape index (κ3) is 11.2. The Hall–Kier alpha value is -10.1. The van der Waals surface area contributed by atoms with E-state index in [0.717, 1.165) is 89.4 Å². The lowest BCUT2D eigenvalue weighted by molar-refractivity contribution is 0.629. The van der Waals surface area contributed by atoms with Crippen molar-refractivity contribution in [3.63, 3.8) is 0 Å². The van der Waals surface area contributed by atoms with E-state index >= 15 is 4.39 Å². The van der Waals surface area contributed by atoms with E-state index < -0.39 is 0 Å². The Bertz CT molecular complexity index is 3730. The molecule has 0 aliphatic heterocycles. The van der Waals surface area contributed by atoms with Crippen LogP contribution in [0.15, 0.2) is 331 Å². The topological polar surface area (TPSA) is 16.2 Å². The quantitative estimate of drug-likeness (QED) is 0.0897. The van der Waals surface area contributed by atoms with Crippen LogP contribution in [-0.2, 0) is 0 Å². The molecular formula is C73H56FN5S. The highest BCUT2D eigenvalue weighted by atomic mass is 32.2. The Morgan fingerprint density at radius 1 is 0.225 bits per heavy atom. The molecule has 0 aromatic heterocycles. The van der Waals surface area contributed by atoms with Crippen LogP contribution in [-0.4, -0.2) is 0 Å². The van der Waals surface area contributed by atoms with Crippen molar-refractivity contribution < 1.29 is 4.39 Å². The predicted octanol–water partition coefficient (Wildman–Crippen LogP) is 21.6. The summed E-state index contributed by atoms with van der Waals surface area (Å²) in [5, 5.41) is 0. The van der Waals surface area contributed by atoms with Crippen LogP contribution in [0.1, 0.15) is 5.56 Å². The second kappa shape index (κ2) is 23.7. The van der Waals surface area contributed by atoms with Crippen molar-refractivity contribution in [3.05, 3.63) is 333 Å². The summed E-state index contributed by atoms with van der Waals surface area (Å²) in [6.07, 6.45) is 0. The van der Waals surface area contributed by atoms with Crippen molar-refractivity contribution in [1.29, 1.82) is 0 Å². The minimum absolute atomic E-state index is 0.347. The van der Waals surface area contributed by atoms with Gasteiger partial charge in [0.1, 0.15) is 5.82 Å². The van der Waals surface area contributed by atoms with Crippen LogP contribution in [0.3, 0.4) is 0 Å². The molecule has 12 aromatic carbocycles. The molecule has 0 saturated carbocycles. The summed E-state index contributed by atoms with van der Waals surface area (Å²) in [4.78, 5) is 13.2. The van der Waals surface area contributed by atoms with Gasteiger partial charge in [0.15, 0.2) is 0 Å². The number of aryl methyl sites for hydroxylation is 1. The van der Waals surface area contributed by atoms with Gasteiger partial charge in [-0.2, -0.15) is 0 Å². The highest BCUT2D eigenvalue weighted by Crippen LogP contribution is 2.49. The van der Waals surface area contributed by atoms with Crippen molar-refractivity contribution in [1.82, 2.24) is 0 Å². The standard InChI is InChI=1S/C73H56FN5S/c1-55-44-46-63(47-45-55)78(62-38-21-8-22-39-62)69-51-68(77(60-34-17-6-18-35-60)61-36-19-7-20-37-61)53-71(54-69)80-70-41-25-40-64(52-70)79(73-43-24-23-42-72(73)74)67-49-65(75(56-26-9-2-10-27-56)57-28-11-3-12-29-57)48-66(50-67)76(58-30-13-4-14-31-58)59-32-15-5-16-33-59/h2-54H,1H3. The first-order valence-electron chi connectivity index (χ1n) is 26.8. The van der Waals surface area contributed by atoms with Crippen molar-refractivity contribution >= 4 is 97.1 Å². The number of hydrogen-bond donors (Lipinski definition) is 0. The number of anilines is 15. The lowest BCUT2D eigenvalue weighted by Gasteiger charge is -2.33. The van der Waals surface area contributed by atoms with E-state index in [1.54, 1.807) is 17.8 Å². The number of nitrogens with zero attached hydrogens (tertiary/aromatic N) is 5. The van der Waals surface area contributed by atoms with Crippen molar-refractivity contribution in [2.24, 2.45) is 0 Å². The van der Waals surface area contributed by atoms with Crippen LogP contribution in [0.4, 0.5) is 89.7 Å². The van der Waals surface area contributed by atoms with Gasteiger partial charge in [-0.15, -0.1) is 0 Å². The maximum absolute atomic E-state index is 17.0. The molecule has 5 nitrogen and oxygen atoms in total. The Labute approximate surface area is 473 Å². The first kappa shape index (κ1) is 50.7. The molecule has 0 aliphatic rings. The van der Waals surface area contributed by atoms with Gasteiger partial charge in [-0.1, -0.05) is 175 Å². The molecule has 0 saturated heterocycles. The van der Waals surface area contributed by atoms with E-state index in [0.29, 0.717) is 5.69 Å². The van der Waals surface area contributed by atoms with E-state index in [1.165, 1.54) is 11.6 Å². The van der Waals surface area contributed by atoms with Gasteiger partial charge in [0.25, 0.3) is 0 Å². The summed E-state index contributed by atoms with van der Waals surface area (Å²) in [6.45, 7) is 2.12. The maximum Gasteiger partial charge on any atom is 0.147 e. The van der Waals surface area contributed by atoms with E-state index in [-0.39, 0.29) is 5.82 Å². The highest BCUT2D eigenvalue weighted by Gasteiger charge is 2.25. The van der Waals surface area contributed by atoms with Gasteiger partial charge in [0, 0.05) is 72.4 Å². The molecule has 0 atom stereocenters. The minimum Gasteiger partial charge on any atom is -0.310 e. The lowest BCUT2D eigenvalue weighted by Crippen LogP contribution is -2.17. The van der Waals surface area contributed by atoms with Crippen molar-refractivity contribution in [2.75, 3.05) is 24.5 Å². The molecule has 0 heterocycles. The Morgan fingerprint density at radius 2 is 0.500 bits per heavy atom. The van der Waals surface area contributed by atoms with Gasteiger partial charge >= 0.3 is 0 Å². The fourth-order valence-corrected chi connectivity index (χ4v) is 11.2. The molecule has 12 rings (SSSR count). The molecular weight excluding hydrogens is 998 g/mol. The van der Waals surface area contributed by atoms with Gasteiger partial charge in [0.2, 0.25) is 0 Å². The molecule has 0 radical (unpaired) electrons. The zero-order chi connectivity index (χ0) is 54.0. The summed E-state index contributed by atoms with van der Waals surface area (Å²) in [6, 6.07) is 111. The summed E-state index contributed by atoms with van der Waals surface area (Å²) >= 11 is 1.68. The van der Waals surface area contributed by atoms with E-state index in [2.05, 4.69) is 304 Å². The number of benzene rings is 12. The molecule has 0 bridgehead atoms. The highest BCUT2D eigenvalue weighted by molar-refractivity contribution is 7.99. The molecule has 12 aromatic rings. The van der Waals surface area contributed by atoms with Crippen LogP contribution >= 0.6 is 11.8 Å². The molecule has 7 heteroatoms. The predicted molar refractivity (Wildman–Crippen MR) is 335 cm³/mol. The van der Waals surface area contributed by atoms with Crippen LogP contribution in [0.25, 0.3) is 0 Å². The Kier molecular flexibility index (Phi) is 15.0. The summed E-state index contributed by atoms with van der Waals surface area (Å²) in [7, 11) is 0. The molecule has 0 aliphatic carbocycles. The largest absolute Gasteiger partial charge is 0.310 e. The SMILES string of the molecule is Cc1ccc(N(c2ccccc2)c2cc(Sc3cccc(N(c4cc(N(c5ccccc5)c5ccccc5)cc(N(c5ccccc5)c5ccccc5)c4)c4ccccc4F)c3)cc(N(c3ccccc3)c3ccccc3)c2)cc1. The first-order valence-corrected chi connectivity index (χ1v) is 27.6. The van der Waals surface area contributed by atoms with Gasteiger partial charge in [-0.05, 0) is 171 Å². The maximum atomic E-state index is 17.0. The number of hydrogen-bond acceptors (Lipinski definition) is 6. The zero-order valence-corrected chi connectivity index (χ0v) is 44.9. The van der Waals surface area contributed by atoms with Crippen molar-refractivity contribution in [3.8, 4) is 0 Å². The van der Waals surface area contributed by atoms with Gasteiger partial charge in [-0.3, -0.25) is 0 Å². The normalized spacial score (nSPS) is 10.9.